The lowest BCUT2D eigenvalue weighted by atomic mass is 10.3. The molecule has 0 saturated heterocycles. The van der Waals surface area contributed by atoms with Crippen molar-refractivity contribution in [3.05, 3.63) is 34.0 Å². The van der Waals surface area contributed by atoms with Crippen LogP contribution in [0.3, 0.4) is 0 Å². The van der Waals surface area contributed by atoms with Crippen LogP contribution in [0.2, 0.25) is 0 Å². The highest BCUT2D eigenvalue weighted by molar-refractivity contribution is 7.13. The van der Waals surface area contributed by atoms with Crippen LogP contribution in [0.15, 0.2) is 22.9 Å². The van der Waals surface area contributed by atoms with Crippen LogP contribution >= 0.6 is 22.7 Å². The van der Waals surface area contributed by atoms with E-state index in [4.69, 9.17) is 4.74 Å². The molecule has 0 aliphatic heterocycles. The summed E-state index contributed by atoms with van der Waals surface area (Å²) in [6.45, 7) is 0. The van der Waals surface area contributed by atoms with Gasteiger partial charge in [0.2, 0.25) is 0 Å². The molecule has 0 unspecified atom stereocenters. The van der Waals surface area contributed by atoms with Crippen molar-refractivity contribution >= 4 is 22.7 Å². The molecule has 0 radical (unpaired) electrons. The molecule has 2 rings (SSSR count). The Kier molecular flexibility index (Phi) is 3.52. The van der Waals surface area contributed by atoms with Gasteiger partial charge in [0.25, 0.3) is 0 Å². The number of alkyl halides is 6. The highest BCUT2D eigenvalue weighted by Gasteiger charge is 2.38. The van der Waals surface area contributed by atoms with Gasteiger partial charge in [0, 0.05) is 0 Å². The molecule has 0 N–H and O–H groups in total. The summed E-state index contributed by atoms with van der Waals surface area (Å²) in [4.78, 5) is 0. The predicted molar refractivity (Wildman–Crippen MR) is 58.7 cm³/mol. The van der Waals surface area contributed by atoms with Crippen LogP contribution in [0.1, 0.15) is 11.1 Å². The fourth-order valence-electron chi connectivity index (χ4n) is 1.25. The first-order valence-corrected chi connectivity index (χ1v) is 6.43. The molecule has 19 heavy (non-hydrogen) atoms. The number of thiophene rings is 2. The third-order valence-electron chi connectivity index (χ3n) is 2.06. The Morgan fingerprint density at radius 1 is 0.737 bits per heavy atom. The van der Waals surface area contributed by atoms with Gasteiger partial charge >= 0.3 is 12.4 Å². The average molecular weight is 318 g/mol. The standard InChI is InChI=1S/C10H4F6OS2/c11-9(12,13)5-1-3-18-7(5)17-8-6(2-4-19-8)10(14,15)16/h1-4H. The summed E-state index contributed by atoms with van der Waals surface area (Å²) in [5.74, 6) is 0. The third-order valence-corrected chi connectivity index (χ3v) is 3.63. The minimum atomic E-state index is -4.66. The normalized spacial score (nSPS) is 12.7. The van der Waals surface area contributed by atoms with E-state index in [0.29, 0.717) is 22.7 Å². The molecule has 0 aliphatic carbocycles. The van der Waals surface area contributed by atoms with E-state index in [1.807, 2.05) is 0 Å². The maximum absolute atomic E-state index is 12.6. The number of rotatable bonds is 2. The molecule has 0 atom stereocenters. The van der Waals surface area contributed by atoms with Crippen LogP contribution in [-0.2, 0) is 12.4 Å². The van der Waals surface area contributed by atoms with Crippen molar-refractivity contribution in [1.82, 2.24) is 0 Å². The lowest BCUT2D eigenvalue weighted by Gasteiger charge is -2.10. The zero-order valence-corrected chi connectivity index (χ0v) is 10.4. The topological polar surface area (TPSA) is 9.23 Å². The molecule has 0 fully saturated rings. The molecule has 2 heterocycles. The summed E-state index contributed by atoms with van der Waals surface area (Å²) < 4.78 is 80.1. The first kappa shape index (κ1) is 14.2. The first-order chi connectivity index (χ1) is 8.69. The van der Waals surface area contributed by atoms with Crippen LogP contribution in [0.4, 0.5) is 26.3 Å². The van der Waals surface area contributed by atoms with Crippen molar-refractivity contribution in [3.8, 4) is 10.1 Å². The van der Waals surface area contributed by atoms with Gasteiger partial charge in [-0.2, -0.15) is 26.3 Å². The van der Waals surface area contributed by atoms with Crippen molar-refractivity contribution in [2.24, 2.45) is 0 Å². The molecule has 0 aliphatic rings. The summed E-state index contributed by atoms with van der Waals surface area (Å²) in [6, 6.07) is 1.53. The minimum absolute atomic E-state index is 0.591. The Morgan fingerprint density at radius 2 is 1.11 bits per heavy atom. The number of ether oxygens (including phenoxy) is 1. The van der Waals surface area contributed by atoms with Gasteiger partial charge in [-0.25, -0.2) is 0 Å². The van der Waals surface area contributed by atoms with E-state index in [2.05, 4.69) is 0 Å². The van der Waals surface area contributed by atoms with Crippen molar-refractivity contribution < 1.29 is 31.1 Å². The minimum Gasteiger partial charge on any atom is -0.435 e. The second kappa shape index (κ2) is 4.71. The molecular formula is C10H4F6OS2. The van der Waals surface area contributed by atoms with Crippen LogP contribution in [-0.4, -0.2) is 0 Å². The first-order valence-electron chi connectivity index (χ1n) is 4.67. The van der Waals surface area contributed by atoms with Crippen molar-refractivity contribution in [2.45, 2.75) is 12.4 Å². The van der Waals surface area contributed by atoms with Crippen LogP contribution in [0.5, 0.6) is 10.1 Å². The maximum atomic E-state index is 12.6. The molecule has 0 amide bonds. The van der Waals surface area contributed by atoms with E-state index < -0.39 is 33.6 Å². The fourth-order valence-corrected chi connectivity index (χ4v) is 2.85. The second-order valence-corrected chi connectivity index (χ2v) is 5.10. The fraction of sp³-hybridized carbons (Fsp3) is 0.200. The molecule has 0 saturated carbocycles. The summed E-state index contributed by atoms with van der Waals surface area (Å²) >= 11 is 1.18. The van der Waals surface area contributed by atoms with E-state index in [0.717, 1.165) is 22.9 Å². The zero-order valence-electron chi connectivity index (χ0n) is 8.80. The van der Waals surface area contributed by atoms with E-state index >= 15 is 0 Å². The highest BCUT2D eigenvalue weighted by atomic mass is 32.1. The van der Waals surface area contributed by atoms with Gasteiger partial charge in [-0.15, -0.1) is 22.7 Å². The molecule has 0 spiro atoms. The zero-order chi connectivity index (χ0) is 14.3. The monoisotopic (exact) mass is 318 g/mol. The Labute approximate surface area is 111 Å². The second-order valence-electron chi connectivity index (χ2n) is 3.34. The molecule has 2 aromatic rings. The molecule has 2 aromatic heterocycles. The van der Waals surface area contributed by atoms with Gasteiger partial charge < -0.3 is 4.74 Å². The quantitative estimate of drug-likeness (QED) is 0.651. The van der Waals surface area contributed by atoms with Crippen molar-refractivity contribution in [1.29, 1.82) is 0 Å². The predicted octanol–water partition coefficient (Wildman–Crippen LogP) is 5.64. The largest absolute Gasteiger partial charge is 0.435 e. The number of hydrogen-bond acceptors (Lipinski definition) is 3. The molecule has 104 valence electrons. The van der Waals surface area contributed by atoms with E-state index in [-0.39, 0.29) is 0 Å². The summed E-state index contributed by atoms with van der Waals surface area (Å²) in [7, 11) is 0. The smallest absolute Gasteiger partial charge is 0.420 e. The van der Waals surface area contributed by atoms with E-state index in [1.54, 1.807) is 0 Å². The summed E-state index contributed by atoms with van der Waals surface area (Å²) in [6.07, 6.45) is -9.32. The van der Waals surface area contributed by atoms with E-state index in [1.165, 1.54) is 0 Å². The Morgan fingerprint density at radius 3 is 1.42 bits per heavy atom. The summed E-state index contributed by atoms with van der Waals surface area (Å²) in [5, 5.41) is 1.03. The lowest BCUT2D eigenvalue weighted by Crippen LogP contribution is -2.06. The Hall–Kier alpha value is -1.22. The number of hydrogen-bond donors (Lipinski definition) is 0. The van der Waals surface area contributed by atoms with Gasteiger partial charge in [-0.3, -0.25) is 0 Å². The summed E-state index contributed by atoms with van der Waals surface area (Å²) in [5.41, 5.74) is -2.17. The number of halogens is 6. The Bertz CT molecular complexity index is 515. The van der Waals surface area contributed by atoms with Crippen LogP contribution in [0.25, 0.3) is 0 Å². The van der Waals surface area contributed by atoms with Crippen molar-refractivity contribution in [3.63, 3.8) is 0 Å². The molecule has 0 bridgehead atoms. The maximum Gasteiger partial charge on any atom is 0.420 e. The SMILES string of the molecule is FC(F)(F)c1ccsc1Oc1sccc1C(F)(F)F. The third kappa shape index (κ3) is 3.03. The van der Waals surface area contributed by atoms with Crippen LogP contribution in [0, 0.1) is 0 Å². The van der Waals surface area contributed by atoms with E-state index in [9.17, 15) is 26.3 Å². The highest BCUT2D eigenvalue weighted by Crippen LogP contribution is 2.46. The van der Waals surface area contributed by atoms with Gasteiger partial charge in [0.05, 0.1) is 0 Å². The van der Waals surface area contributed by atoms with Crippen LogP contribution < -0.4 is 4.74 Å². The van der Waals surface area contributed by atoms with Gasteiger partial charge in [-0.1, -0.05) is 0 Å². The molecule has 0 aromatic carbocycles. The Balaban J connectivity index is 2.33. The molecular weight excluding hydrogens is 314 g/mol. The average Bonchev–Trinajstić information content (AvgIpc) is 2.83. The van der Waals surface area contributed by atoms with Gasteiger partial charge in [0.1, 0.15) is 11.1 Å². The molecule has 1 nitrogen and oxygen atoms in total. The molecule has 9 heteroatoms. The lowest BCUT2D eigenvalue weighted by molar-refractivity contribution is -0.138. The van der Waals surface area contributed by atoms with Gasteiger partial charge in [-0.05, 0) is 22.9 Å². The van der Waals surface area contributed by atoms with Gasteiger partial charge in [0.15, 0.2) is 10.1 Å². The van der Waals surface area contributed by atoms with Crippen molar-refractivity contribution in [2.75, 3.05) is 0 Å².